The third-order valence-corrected chi connectivity index (χ3v) is 1.73. The molecule has 2 N–H and O–H groups in total. The number of carbonyl (C=O) groups is 1. The molecule has 0 saturated heterocycles. The zero-order chi connectivity index (χ0) is 11.3. The number of methoxy groups -OCH3 is 1. The number of esters is 1. The van der Waals surface area contributed by atoms with E-state index in [-0.39, 0.29) is 5.56 Å². The fraction of sp³-hybridized carbons (Fsp3) is 0.300. The molecule has 0 saturated carbocycles. The summed E-state index contributed by atoms with van der Waals surface area (Å²) in [6.45, 7) is 0.650. The Balaban J connectivity index is 2.83. The Morgan fingerprint density at radius 1 is 1.53 bits per heavy atom. The Kier molecular flexibility index (Phi) is 4.05. The van der Waals surface area contributed by atoms with Gasteiger partial charge in [0.1, 0.15) is 18.2 Å². The summed E-state index contributed by atoms with van der Waals surface area (Å²) >= 11 is 0. The Labute approximate surface area is 86.8 Å². The number of carbonyl (C=O) groups excluding carboxylic acids is 1. The molecule has 0 aromatic heterocycles. The number of ether oxygens (including phenoxy) is 2. The molecule has 15 heavy (non-hydrogen) atoms. The predicted octanol–water partition coefficient (Wildman–Crippen LogP) is 0.950. The molecule has 0 unspecified atom stereocenters. The first kappa shape index (κ1) is 11.5. The van der Waals surface area contributed by atoms with Gasteiger partial charge in [0.15, 0.2) is 0 Å². The number of halogens is 1. The highest BCUT2D eigenvalue weighted by atomic mass is 19.1. The molecule has 1 aromatic rings. The maximum absolute atomic E-state index is 13.3. The maximum atomic E-state index is 13.3. The summed E-state index contributed by atoms with van der Waals surface area (Å²) in [5.41, 5.74) is 5.11. The minimum Gasteiger partial charge on any atom is -0.492 e. The fourth-order valence-corrected chi connectivity index (χ4v) is 1.04. The van der Waals surface area contributed by atoms with Gasteiger partial charge in [-0.05, 0) is 12.1 Å². The first-order valence-corrected chi connectivity index (χ1v) is 4.39. The van der Waals surface area contributed by atoms with Crippen LogP contribution < -0.4 is 10.5 Å². The van der Waals surface area contributed by atoms with E-state index < -0.39 is 11.8 Å². The molecule has 0 bridgehead atoms. The SMILES string of the molecule is COC(=O)c1ccc(OCCN)cc1F. The van der Waals surface area contributed by atoms with Crippen molar-refractivity contribution in [3.63, 3.8) is 0 Å². The van der Waals surface area contributed by atoms with Gasteiger partial charge in [0.05, 0.1) is 12.7 Å². The normalized spacial score (nSPS) is 9.80. The average Bonchev–Trinajstić information content (AvgIpc) is 2.25. The van der Waals surface area contributed by atoms with Gasteiger partial charge in [0.25, 0.3) is 0 Å². The monoisotopic (exact) mass is 213 g/mol. The molecule has 0 radical (unpaired) electrons. The van der Waals surface area contributed by atoms with Crippen molar-refractivity contribution in [2.45, 2.75) is 0 Å². The van der Waals surface area contributed by atoms with Gasteiger partial charge in [-0.2, -0.15) is 0 Å². The summed E-state index contributed by atoms with van der Waals surface area (Å²) in [5.74, 6) is -1.04. The molecule has 0 fully saturated rings. The Hall–Kier alpha value is -1.62. The van der Waals surface area contributed by atoms with Crippen LogP contribution in [-0.2, 0) is 4.74 Å². The lowest BCUT2D eigenvalue weighted by Crippen LogP contribution is -2.11. The number of hydrogen-bond donors (Lipinski definition) is 1. The second-order valence-electron chi connectivity index (χ2n) is 2.77. The summed E-state index contributed by atoms with van der Waals surface area (Å²) in [7, 11) is 1.20. The standard InChI is InChI=1S/C10H12FNO3/c1-14-10(13)8-3-2-7(6-9(8)11)15-5-4-12/h2-3,6H,4-5,12H2,1H3. The fourth-order valence-electron chi connectivity index (χ4n) is 1.04. The van der Waals surface area contributed by atoms with Gasteiger partial charge in [-0.3, -0.25) is 0 Å². The molecule has 4 nitrogen and oxygen atoms in total. The van der Waals surface area contributed by atoms with Crippen LogP contribution in [0.5, 0.6) is 5.75 Å². The van der Waals surface area contributed by atoms with E-state index in [2.05, 4.69) is 4.74 Å². The lowest BCUT2D eigenvalue weighted by Gasteiger charge is -2.06. The van der Waals surface area contributed by atoms with Gasteiger partial charge in [-0.15, -0.1) is 0 Å². The summed E-state index contributed by atoms with van der Waals surface area (Å²) in [4.78, 5) is 11.0. The summed E-state index contributed by atoms with van der Waals surface area (Å²) in [6, 6.07) is 3.93. The van der Waals surface area contributed by atoms with Crippen LogP contribution in [0.4, 0.5) is 4.39 Å². The van der Waals surface area contributed by atoms with Gasteiger partial charge >= 0.3 is 5.97 Å². The second kappa shape index (κ2) is 5.31. The molecule has 0 heterocycles. The Bertz CT molecular complexity index is 355. The first-order valence-electron chi connectivity index (χ1n) is 4.39. The highest BCUT2D eigenvalue weighted by Crippen LogP contribution is 2.17. The average molecular weight is 213 g/mol. The lowest BCUT2D eigenvalue weighted by molar-refractivity contribution is 0.0595. The Morgan fingerprint density at radius 3 is 2.80 bits per heavy atom. The van der Waals surface area contributed by atoms with Crippen LogP contribution in [0.1, 0.15) is 10.4 Å². The molecule has 0 aliphatic carbocycles. The zero-order valence-corrected chi connectivity index (χ0v) is 8.33. The third kappa shape index (κ3) is 2.92. The van der Waals surface area contributed by atoms with Crippen molar-refractivity contribution < 1.29 is 18.7 Å². The molecule has 1 rings (SSSR count). The molecule has 5 heteroatoms. The van der Waals surface area contributed by atoms with E-state index in [1.165, 1.54) is 19.2 Å². The topological polar surface area (TPSA) is 61.5 Å². The van der Waals surface area contributed by atoms with E-state index in [0.29, 0.717) is 18.9 Å². The molecule has 1 aromatic carbocycles. The maximum Gasteiger partial charge on any atom is 0.340 e. The molecular formula is C10H12FNO3. The molecular weight excluding hydrogens is 201 g/mol. The number of hydrogen-bond acceptors (Lipinski definition) is 4. The largest absolute Gasteiger partial charge is 0.492 e. The van der Waals surface area contributed by atoms with Crippen LogP contribution in [0.3, 0.4) is 0 Å². The van der Waals surface area contributed by atoms with Crippen molar-refractivity contribution in [1.82, 2.24) is 0 Å². The van der Waals surface area contributed by atoms with Crippen LogP contribution in [0, 0.1) is 5.82 Å². The Morgan fingerprint density at radius 2 is 2.27 bits per heavy atom. The minimum atomic E-state index is -0.710. The molecule has 0 amide bonds. The highest BCUT2D eigenvalue weighted by Gasteiger charge is 2.12. The van der Waals surface area contributed by atoms with Gasteiger partial charge in [-0.25, -0.2) is 9.18 Å². The molecule has 0 atom stereocenters. The van der Waals surface area contributed by atoms with E-state index in [4.69, 9.17) is 10.5 Å². The van der Waals surface area contributed by atoms with Gasteiger partial charge in [0.2, 0.25) is 0 Å². The van der Waals surface area contributed by atoms with Crippen molar-refractivity contribution in [3.05, 3.63) is 29.6 Å². The quantitative estimate of drug-likeness (QED) is 0.756. The second-order valence-corrected chi connectivity index (χ2v) is 2.77. The van der Waals surface area contributed by atoms with Crippen LogP contribution >= 0.6 is 0 Å². The molecule has 0 spiro atoms. The van der Waals surface area contributed by atoms with Crippen LogP contribution in [0.2, 0.25) is 0 Å². The number of benzene rings is 1. The van der Waals surface area contributed by atoms with Crippen LogP contribution in [0.15, 0.2) is 18.2 Å². The van der Waals surface area contributed by atoms with Crippen molar-refractivity contribution in [1.29, 1.82) is 0 Å². The van der Waals surface area contributed by atoms with E-state index in [9.17, 15) is 9.18 Å². The van der Waals surface area contributed by atoms with Crippen LogP contribution in [0.25, 0.3) is 0 Å². The molecule has 0 aliphatic rings. The minimum absolute atomic E-state index is 0.113. The first-order chi connectivity index (χ1) is 7.19. The summed E-state index contributed by atoms with van der Waals surface area (Å²) in [6.07, 6.45) is 0. The number of nitrogens with two attached hydrogens (primary N) is 1. The third-order valence-electron chi connectivity index (χ3n) is 1.73. The summed E-state index contributed by atoms with van der Waals surface area (Å²) in [5, 5.41) is 0. The van der Waals surface area contributed by atoms with Gasteiger partial charge < -0.3 is 15.2 Å². The van der Waals surface area contributed by atoms with E-state index >= 15 is 0 Å². The van der Waals surface area contributed by atoms with Crippen molar-refractivity contribution in [3.8, 4) is 5.75 Å². The predicted molar refractivity (Wildman–Crippen MR) is 52.3 cm³/mol. The van der Waals surface area contributed by atoms with E-state index in [1.807, 2.05) is 0 Å². The van der Waals surface area contributed by atoms with Crippen molar-refractivity contribution >= 4 is 5.97 Å². The number of rotatable bonds is 4. The molecule has 0 aliphatic heterocycles. The lowest BCUT2D eigenvalue weighted by atomic mass is 10.2. The van der Waals surface area contributed by atoms with Gasteiger partial charge in [0, 0.05) is 12.6 Å². The van der Waals surface area contributed by atoms with E-state index in [1.54, 1.807) is 0 Å². The summed E-state index contributed by atoms with van der Waals surface area (Å²) < 4.78 is 22.8. The smallest absolute Gasteiger partial charge is 0.340 e. The highest BCUT2D eigenvalue weighted by molar-refractivity contribution is 5.89. The van der Waals surface area contributed by atoms with Crippen molar-refractivity contribution in [2.75, 3.05) is 20.3 Å². The van der Waals surface area contributed by atoms with Crippen LogP contribution in [-0.4, -0.2) is 26.2 Å². The van der Waals surface area contributed by atoms with Crippen molar-refractivity contribution in [2.24, 2.45) is 5.73 Å². The molecule has 82 valence electrons. The van der Waals surface area contributed by atoms with E-state index in [0.717, 1.165) is 6.07 Å². The zero-order valence-electron chi connectivity index (χ0n) is 8.33. The van der Waals surface area contributed by atoms with Gasteiger partial charge in [-0.1, -0.05) is 0 Å².